The Labute approximate surface area is 124 Å². The SMILES string of the molecule is CS(=O)(=O)C1CSCCN1C(=O)COC1CCNCC1. The van der Waals surface area contributed by atoms with E-state index in [0.717, 1.165) is 31.7 Å². The first-order valence-corrected chi connectivity index (χ1v) is 9.98. The number of nitrogens with zero attached hydrogens (tertiary/aromatic N) is 1. The first-order valence-electron chi connectivity index (χ1n) is 6.87. The van der Waals surface area contributed by atoms with Crippen molar-refractivity contribution in [3.05, 3.63) is 0 Å². The van der Waals surface area contributed by atoms with Crippen molar-refractivity contribution in [1.29, 1.82) is 0 Å². The first-order chi connectivity index (χ1) is 9.48. The van der Waals surface area contributed by atoms with Crippen LogP contribution in [0.3, 0.4) is 0 Å². The lowest BCUT2D eigenvalue weighted by Crippen LogP contribution is -2.51. The molecular formula is C12H22N2O4S2. The quantitative estimate of drug-likeness (QED) is 0.766. The summed E-state index contributed by atoms with van der Waals surface area (Å²) in [6.07, 6.45) is 3.10. The predicted octanol–water partition coefficient (Wildman–Crippen LogP) is -0.299. The predicted molar refractivity (Wildman–Crippen MR) is 79.5 cm³/mol. The van der Waals surface area contributed by atoms with E-state index in [9.17, 15) is 13.2 Å². The molecule has 2 aliphatic heterocycles. The largest absolute Gasteiger partial charge is 0.368 e. The fourth-order valence-corrected chi connectivity index (χ4v) is 5.29. The summed E-state index contributed by atoms with van der Waals surface area (Å²) in [4.78, 5) is 13.7. The summed E-state index contributed by atoms with van der Waals surface area (Å²) < 4.78 is 29.1. The lowest BCUT2D eigenvalue weighted by atomic mass is 10.1. The van der Waals surface area contributed by atoms with Crippen LogP contribution in [0.25, 0.3) is 0 Å². The van der Waals surface area contributed by atoms with Gasteiger partial charge >= 0.3 is 0 Å². The van der Waals surface area contributed by atoms with Gasteiger partial charge in [-0.05, 0) is 25.9 Å². The standard InChI is InChI=1S/C12H22N2O4S2/c1-20(16,17)12-9-19-7-6-14(12)11(15)8-18-10-2-4-13-5-3-10/h10,12-13H,2-9H2,1H3. The molecule has 2 rings (SSSR count). The molecule has 2 saturated heterocycles. The zero-order chi connectivity index (χ0) is 14.6. The van der Waals surface area contributed by atoms with Crippen molar-refractivity contribution in [2.75, 3.05) is 44.0 Å². The summed E-state index contributed by atoms with van der Waals surface area (Å²) in [7, 11) is -3.24. The highest BCUT2D eigenvalue weighted by molar-refractivity contribution is 8.00. The minimum Gasteiger partial charge on any atom is -0.368 e. The van der Waals surface area contributed by atoms with Gasteiger partial charge < -0.3 is 15.0 Å². The molecule has 2 heterocycles. The molecule has 2 aliphatic rings. The van der Waals surface area contributed by atoms with Crippen LogP contribution in [0.2, 0.25) is 0 Å². The second kappa shape index (κ2) is 7.11. The maximum atomic E-state index is 12.2. The van der Waals surface area contributed by atoms with Gasteiger partial charge in [0.2, 0.25) is 5.91 Å². The van der Waals surface area contributed by atoms with E-state index in [2.05, 4.69) is 5.32 Å². The van der Waals surface area contributed by atoms with E-state index in [0.29, 0.717) is 12.3 Å². The minimum absolute atomic E-state index is 0.0125. The average molecular weight is 322 g/mol. The van der Waals surface area contributed by atoms with Crippen molar-refractivity contribution in [2.24, 2.45) is 0 Å². The van der Waals surface area contributed by atoms with E-state index in [4.69, 9.17) is 4.74 Å². The molecule has 116 valence electrons. The first kappa shape index (κ1) is 16.1. The van der Waals surface area contributed by atoms with Gasteiger partial charge in [-0.15, -0.1) is 0 Å². The van der Waals surface area contributed by atoms with Crippen LogP contribution in [0.4, 0.5) is 0 Å². The number of sulfone groups is 1. The lowest BCUT2D eigenvalue weighted by Gasteiger charge is -2.34. The molecule has 1 N–H and O–H groups in total. The van der Waals surface area contributed by atoms with Crippen molar-refractivity contribution in [3.63, 3.8) is 0 Å². The molecular weight excluding hydrogens is 300 g/mol. The van der Waals surface area contributed by atoms with E-state index >= 15 is 0 Å². The smallest absolute Gasteiger partial charge is 0.249 e. The molecule has 0 spiro atoms. The lowest BCUT2D eigenvalue weighted by molar-refractivity contribution is -0.139. The Bertz CT molecular complexity index is 435. The minimum atomic E-state index is -3.24. The van der Waals surface area contributed by atoms with Gasteiger partial charge in [0.05, 0.1) is 6.10 Å². The maximum absolute atomic E-state index is 12.2. The molecule has 1 atom stereocenters. The average Bonchev–Trinajstić information content (AvgIpc) is 2.45. The summed E-state index contributed by atoms with van der Waals surface area (Å²) >= 11 is 1.58. The summed E-state index contributed by atoms with van der Waals surface area (Å²) in [5.74, 6) is 1.03. The van der Waals surface area contributed by atoms with Gasteiger partial charge in [0.1, 0.15) is 12.0 Å². The molecule has 0 aromatic carbocycles. The fraction of sp³-hybridized carbons (Fsp3) is 0.917. The van der Waals surface area contributed by atoms with Crippen LogP contribution in [0, 0.1) is 0 Å². The van der Waals surface area contributed by atoms with Gasteiger partial charge in [0.25, 0.3) is 0 Å². The van der Waals surface area contributed by atoms with Gasteiger partial charge in [0, 0.05) is 24.3 Å². The van der Waals surface area contributed by atoms with Crippen LogP contribution in [0.5, 0.6) is 0 Å². The Hall–Kier alpha value is -0.310. The number of carbonyl (C=O) groups is 1. The molecule has 1 amide bonds. The van der Waals surface area contributed by atoms with Crippen molar-refractivity contribution in [3.8, 4) is 0 Å². The second-order valence-electron chi connectivity index (χ2n) is 5.21. The third-order valence-corrected chi connectivity index (χ3v) is 6.27. The number of rotatable bonds is 4. The van der Waals surface area contributed by atoms with E-state index in [1.807, 2.05) is 0 Å². The second-order valence-corrected chi connectivity index (χ2v) is 8.56. The van der Waals surface area contributed by atoms with Crippen LogP contribution in [-0.2, 0) is 19.4 Å². The number of ether oxygens (including phenoxy) is 1. The Morgan fingerprint density at radius 2 is 2.10 bits per heavy atom. The molecule has 0 bridgehead atoms. The van der Waals surface area contributed by atoms with Crippen LogP contribution in [0.1, 0.15) is 12.8 Å². The van der Waals surface area contributed by atoms with Crippen LogP contribution < -0.4 is 5.32 Å². The summed E-state index contributed by atoms with van der Waals surface area (Å²) in [6.45, 7) is 2.29. The highest BCUT2D eigenvalue weighted by atomic mass is 32.2. The van der Waals surface area contributed by atoms with Crippen molar-refractivity contribution in [1.82, 2.24) is 10.2 Å². The van der Waals surface area contributed by atoms with Gasteiger partial charge in [-0.25, -0.2) is 8.42 Å². The van der Waals surface area contributed by atoms with E-state index < -0.39 is 15.2 Å². The summed E-state index contributed by atoms with van der Waals surface area (Å²) in [6, 6.07) is 0. The number of hydrogen-bond donors (Lipinski definition) is 1. The summed E-state index contributed by atoms with van der Waals surface area (Å²) in [5.41, 5.74) is 0. The molecule has 20 heavy (non-hydrogen) atoms. The Morgan fingerprint density at radius 3 is 2.75 bits per heavy atom. The van der Waals surface area contributed by atoms with Gasteiger partial charge in [-0.1, -0.05) is 0 Å². The van der Waals surface area contributed by atoms with Gasteiger partial charge in [0.15, 0.2) is 9.84 Å². The molecule has 8 heteroatoms. The molecule has 0 aromatic heterocycles. The number of hydrogen-bond acceptors (Lipinski definition) is 6. The molecule has 1 unspecified atom stereocenters. The maximum Gasteiger partial charge on any atom is 0.249 e. The molecule has 0 aliphatic carbocycles. The number of carbonyl (C=O) groups excluding carboxylic acids is 1. The highest BCUT2D eigenvalue weighted by Gasteiger charge is 2.34. The molecule has 2 fully saturated rings. The summed E-state index contributed by atoms with van der Waals surface area (Å²) in [5, 5.41) is 2.53. The van der Waals surface area contributed by atoms with Crippen LogP contribution in [0.15, 0.2) is 0 Å². The van der Waals surface area contributed by atoms with Crippen molar-refractivity contribution < 1.29 is 17.9 Å². The monoisotopic (exact) mass is 322 g/mol. The van der Waals surface area contributed by atoms with E-state index in [1.54, 1.807) is 11.8 Å². The number of piperidine rings is 1. The zero-order valence-electron chi connectivity index (χ0n) is 11.7. The van der Waals surface area contributed by atoms with Crippen molar-refractivity contribution in [2.45, 2.75) is 24.3 Å². The number of nitrogens with one attached hydrogen (secondary N) is 1. The number of thioether (sulfide) groups is 1. The Morgan fingerprint density at radius 1 is 1.40 bits per heavy atom. The van der Waals surface area contributed by atoms with E-state index in [1.165, 1.54) is 11.2 Å². The Balaban J connectivity index is 1.89. The molecule has 6 nitrogen and oxygen atoms in total. The zero-order valence-corrected chi connectivity index (χ0v) is 13.3. The molecule has 0 aromatic rings. The van der Waals surface area contributed by atoms with Crippen LogP contribution in [-0.4, -0.2) is 74.7 Å². The van der Waals surface area contributed by atoms with Crippen LogP contribution >= 0.6 is 11.8 Å². The highest BCUT2D eigenvalue weighted by Crippen LogP contribution is 2.20. The normalized spacial score (nSPS) is 25.6. The van der Waals surface area contributed by atoms with E-state index in [-0.39, 0.29) is 18.6 Å². The molecule has 0 saturated carbocycles. The third-order valence-electron chi connectivity index (χ3n) is 3.63. The third kappa shape index (κ3) is 4.34. The van der Waals surface area contributed by atoms with Crippen molar-refractivity contribution >= 4 is 27.5 Å². The topological polar surface area (TPSA) is 75.7 Å². The fourth-order valence-electron chi connectivity index (χ4n) is 2.46. The van der Waals surface area contributed by atoms with Gasteiger partial charge in [-0.2, -0.15) is 11.8 Å². The molecule has 0 radical (unpaired) electrons. The van der Waals surface area contributed by atoms with Gasteiger partial charge in [-0.3, -0.25) is 4.79 Å². The Kier molecular flexibility index (Phi) is 5.71. The number of amides is 1.